The van der Waals surface area contributed by atoms with E-state index in [0.29, 0.717) is 6.54 Å². The van der Waals surface area contributed by atoms with Crippen molar-refractivity contribution in [2.75, 3.05) is 14.2 Å². The summed E-state index contributed by atoms with van der Waals surface area (Å²) >= 11 is 1.55. The third kappa shape index (κ3) is 2.61. The number of ether oxygens (including phenoxy) is 2. The van der Waals surface area contributed by atoms with Gasteiger partial charge in [0.25, 0.3) is 0 Å². The average molecular weight is 265 g/mol. The molecule has 0 saturated heterocycles. The number of hydrogen-bond donors (Lipinski definition) is 2. The highest BCUT2D eigenvalue weighted by Crippen LogP contribution is 2.33. The van der Waals surface area contributed by atoms with Crippen molar-refractivity contribution >= 4 is 11.3 Å². The minimum atomic E-state index is 0.553. The van der Waals surface area contributed by atoms with Crippen LogP contribution in [-0.4, -0.2) is 19.2 Å². The lowest BCUT2D eigenvalue weighted by molar-refractivity contribution is 0.404. The number of methoxy groups -OCH3 is 2. The van der Waals surface area contributed by atoms with Crippen molar-refractivity contribution in [2.45, 2.75) is 6.54 Å². The standard InChI is InChI=1S/C12H15N3O2S/c1-16-8-3-4-11(17-2)9(5-8)10-7-18-12(15-10)6-14-13/h3-5,7,14H,6,13H2,1-2H3. The predicted octanol–water partition coefficient (Wildman–Crippen LogP) is 1.79. The molecule has 0 saturated carbocycles. The van der Waals surface area contributed by atoms with Crippen LogP contribution in [0.5, 0.6) is 11.5 Å². The van der Waals surface area contributed by atoms with Gasteiger partial charge in [0.15, 0.2) is 0 Å². The van der Waals surface area contributed by atoms with E-state index >= 15 is 0 Å². The Labute approximate surface area is 110 Å². The summed E-state index contributed by atoms with van der Waals surface area (Å²) in [5.74, 6) is 6.83. The van der Waals surface area contributed by atoms with E-state index in [4.69, 9.17) is 15.3 Å². The first kappa shape index (κ1) is 12.8. The molecule has 1 heterocycles. The second kappa shape index (κ2) is 5.81. The molecule has 18 heavy (non-hydrogen) atoms. The molecule has 6 heteroatoms. The van der Waals surface area contributed by atoms with Crippen LogP contribution in [0.3, 0.4) is 0 Å². The molecule has 2 rings (SSSR count). The molecule has 3 N–H and O–H groups in total. The number of hydrogen-bond acceptors (Lipinski definition) is 6. The number of nitrogens with two attached hydrogens (primary N) is 1. The zero-order chi connectivity index (χ0) is 13.0. The molecule has 0 aliphatic carbocycles. The van der Waals surface area contributed by atoms with Crippen LogP contribution in [0.15, 0.2) is 23.6 Å². The summed E-state index contributed by atoms with van der Waals surface area (Å²) in [4.78, 5) is 4.49. The molecule has 0 unspecified atom stereocenters. The van der Waals surface area contributed by atoms with Crippen molar-refractivity contribution in [1.29, 1.82) is 0 Å². The van der Waals surface area contributed by atoms with E-state index in [-0.39, 0.29) is 0 Å². The Balaban J connectivity index is 2.40. The predicted molar refractivity (Wildman–Crippen MR) is 71.7 cm³/mol. The van der Waals surface area contributed by atoms with Crippen LogP contribution in [-0.2, 0) is 6.54 Å². The van der Waals surface area contributed by atoms with Crippen molar-refractivity contribution in [1.82, 2.24) is 10.4 Å². The van der Waals surface area contributed by atoms with Gasteiger partial charge in [-0.05, 0) is 18.2 Å². The summed E-state index contributed by atoms with van der Waals surface area (Å²) in [6.45, 7) is 0.553. The van der Waals surface area contributed by atoms with Crippen LogP contribution in [0.2, 0.25) is 0 Å². The third-order valence-electron chi connectivity index (χ3n) is 2.49. The quantitative estimate of drug-likeness (QED) is 0.637. The number of aromatic nitrogens is 1. The number of nitrogens with zero attached hydrogens (tertiary/aromatic N) is 1. The Kier molecular flexibility index (Phi) is 4.14. The maximum Gasteiger partial charge on any atom is 0.128 e. The van der Waals surface area contributed by atoms with Crippen molar-refractivity contribution in [3.63, 3.8) is 0 Å². The van der Waals surface area contributed by atoms with E-state index in [2.05, 4.69) is 10.4 Å². The Morgan fingerprint density at radius 3 is 2.83 bits per heavy atom. The summed E-state index contributed by atoms with van der Waals surface area (Å²) in [7, 11) is 3.27. The number of hydrazine groups is 1. The van der Waals surface area contributed by atoms with Crippen LogP contribution in [0.4, 0.5) is 0 Å². The van der Waals surface area contributed by atoms with E-state index in [0.717, 1.165) is 27.8 Å². The maximum atomic E-state index is 5.34. The van der Waals surface area contributed by atoms with Gasteiger partial charge in [0.05, 0.1) is 26.5 Å². The molecular weight excluding hydrogens is 250 g/mol. The Bertz CT molecular complexity index is 528. The fraction of sp³-hybridized carbons (Fsp3) is 0.250. The zero-order valence-electron chi connectivity index (χ0n) is 10.3. The van der Waals surface area contributed by atoms with E-state index in [1.807, 2.05) is 23.6 Å². The van der Waals surface area contributed by atoms with Gasteiger partial charge >= 0.3 is 0 Å². The van der Waals surface area contributed by atoms with Gasteiger partial charge < -0.3 is 9.47 Å². The van der Waals surface area contributed by atoms with Gasteiger partial charge in [-0.2, -0.15) is 0 Å². The zero-order valence-corrected chi connectivity index (χ0v) is 11.1. The summed E-state index contributed by atoms with van der Waals surface area (Å²) in [6, 6.07) is 5.64. The molecule has 0 aliphatic heterocycles. The van der Waals surface area contributed by atoms with Crippen LogP contribution in [0.1, 0.15) is 5.01 Å². The summed E-state index contributed by atoms with van der Waals surface area (Å²) in [5.41, 5.74) is 4.37. The molecule has 0 bridgehead atoms. The highest BCUT2D eigenvalue weighted by atomic mass is 32.1. The van der Waals surface area contributed by atoms with Crippen molar-refractivity contribution in [3.05, 3.63) is 28.6 Å². The van der Waals surface area contributed by atoms with E-state index in [1.54, 1.807) is 25.6 Å². The summed E-state index contributed by atoms with van der Waals surface area (Å²) < 4.78 is 10.6. The normalized spacial score (nSPS) is 10.4. The van der Waals surface area contributed by atoms with Gasteiger partial charge in [-0.3, -0.25) is 11.3 Å². The van der Waals surface area contributed by atoms with Crippen molar-refractivity contribution in [2.24, 2.45) is 5.84 Å². The molecular formula is C12H15N3O2S. The lowest BCUT2D eigenvalue weighted by atomic mass is 10.1. The van der Waals surface area contributed by atoms with Crippen LogP contribution >= 0.6 is 11.3 Å². The lowest BCUT2D eigenvalue weighted by Crippen LogP contribution is -2.20. The van der Waals surface area contributed by atoms with Gasteiger partial charge in [-0.1, -0.05) is 0 Å². The SMILES string of the molecule is COc1ccc(OC)c(-c2csc(CNN)n2)c1. The van der Waals surface area contributed by atoms with Crippen LogP contribution in [0, 0.1) is 0 Å². The molecule has 2 aromatic rings. The van der Waals surface area contributed by atoms with Gasteiger partial charge in [0, 0.05) is 10.9 Å². The Morgan fingerprint density at radius 2 is 2.17 bits per heavy atom. The van der Waals surface area contributed by atoms with E-state index < -0.39 is 0 Å². The molecule has 0 atom stereocenters. The fourth-order valence-corrected chi connectivity index (χ4v) is 2.36. The first-order chi connectivity index (χ1) is 8.78. The first-order valence-electron chi connectivity index (χ1n) is 5.38. The molecule has 5 nitrogen and oxygen atoms in total. The Morgan fingerprint density at radius 1 is 1.33 bits per heavy atom. The molecule has 1 aromatic heterocycles. The van der Waals surface area contributed by atoms with Crippen molar-refractivity contribution < 1.29 is 9.47 Å². The maximum absolute atomic E-state index is 5.34. The number of rotatable bonds is 5. The van der Waals surface area contributed by atoms with E-state index in [1.165, 1.54) is 0 Å². The lowest BCUT2D eigenvalue weighted by Gasteiger charge is -2.08. The topological polar surface area (TPSA) is 69.4 Å². The molecule has 0 fully saturated rings. The second-order valence-corrected chi connectivity index (χ2v) is 4.52. The molecule has 1 aromatic carbocycles. The van der Waals surface area contributed by atoms with E-state index in [9.17, 15) is 0 Å². The Hall–Kier alpha value is -1.63. The molecule has 0 spiro atoms. The molecule has 0 radical (unpaired) electrons. The van der Waals surface area contributed by atoms with Gasteiger partial charge in [0.2, 0.25) is 0 Å². The largest absolute Gasteiger partial charge is 0.497 e. The molecule has 96 valence electrons. The van der Waals surface area contributed by atoms with Gasteiger partial charge in [-0.15, -0.1) is 11.3 Å². The minimum Gasteiger partial charge on any atom is -0.497 e. The second-order valence-electron chi connectivity index (χ2n) is 3.57. The monoisotopic (exact) mass is 265 g/mol. The third-order valence-corrected chi connectivity index (χ3v) is 3.34. The smallest absolute Gasteiger partial charge is 0.128 e. The van der Waals surface area contributed by atoms with Gasteiger partial charge in [0.1, 0.15) is 16.5 Å². The summed E-state index contributed by atoms with van der Waals surface area (Å²) in [5, 5.41) is 2.90. The van der Waals surface area contributed by atoms with Crippen LogP contribution < -0.4 is 20.7 Å². The number of thiazole rings is 1. The van der Waals surface area contributed by atoms with Gasteiger partial charge in [-0.25, -0.2) is 4.98 Å². The fourth-order valence-electron chi connectivity index (χ4n) is 1.62. The van der Waals surface area contributed by atoms with Crippen LogP contribution in [0.25, 0.3) is 11.3 Å². The number of benzene rings is 1. The highest BCUT2D eigenvalue weighted by Gasteiger charge is 2.11. The minimum absolute atomic E-state index is 0.553. The first-order valence-corrected chi connectivity index (χ1v) is 6.26. The molecule has 0 aliphatic rings. The molecule has 0 amide bonds. The summed E-state index contributed by atoms with van der Waals surface area (Å²) in [6.07, 6.45) is 0. The van der Waals surface area contributed by atoms with Crippen molar-refractivity contribution in [3.8, 4) is 22.8 Å². The highest BCUT2D eigenvalue weighted by molar-refractivity contribution is 7.09. The average Bonchev–Trinajstić information content (AvgIpc) is 2.87. The number of nitrogens with one attached hydrogen (secondary N) is 1.